The molecule has 2 N–H and O–H groups in total. The van der Waals surface area contributed by atoms with Crippen molar-refractivity contribution in [3.8, 4) is 5.75 Å². The Hall–Kier alpha value is -2.05. The number of carbonyl (C=O) groups excluding carboxylic acids is 1. The second-order valence-electron chi connectivity index (χ2n) is 6.94. The van der Waals surface area contributed by atoms with Gasteiger partial charge in [0.1, 0.15) is 5.75 Å². The summed E-state index contributed by atoms with van der Waals surface area (Å²) in [4.78, 5) is 12.9. The molecule has 0 bridgehead atoms. The van der Waals surface area contributed by atoms with Crippen LogP contribution in [0.2, 0.25) is 0 Å². The summed E-state index contributed by atoms with van der Waals surface area (Å²) in [7, 11) is -3.57. The molecular formula is C21H24BrN3O5S2. The first-order valence-electron chi connectivity index (χ1n) is 10.0. The highest BCUT2D eigenvalue weighted by Crippen LogP contribution is 2.24. The van der Waals surface area contributed by atoms with E-state index in [4.69, 9.17) is 21.7 Å². The zero-order chi connectivity index (χ0) is 23.1. The standard InChI is InChI=1S/C21H24BrN3O5S2/c1-2-11-30-19-8-3-15(22)14-18(19)20(26)24-21(31)23-16-4-6-17(7-5-16)32(27,28)25-9-12-29-13-10-25/h3-8,14H,2,9-13H2,1H3,(H2,23,24,26,31). The number of morpholine rings is 1. The SMILES string of the molecule is CCCOc1ccc(Br)cc1C(=O)NC(=S)Nc1ccc(S(=O)(=O)N2CCOCC2)cc1. The number of hydrogen-bond donors (Lipinski definition) is 2. The minimum absolute atomic E-state index is 0.0835. The molecule has 0 unspecified atom stereocenters. The van der Waals surface area contributed by atoms with Crippen LogP contribution in [0.1, 0.15) is 23.7 Å². The Morgan fingerprint density at radius 3 is 2.53 bits per heavy atom. The molecule has 0 aliphatic carbocycles. The van der Waals surface area contributed by atoms with Gasteiger partial charge in [0.05, 0.1) is 30.3 Å². The van der Waals surface area contributed by atoms with Gasteiger partial charge in [-0.1, -0.05) is 22.9 Å². The van der Waals surface area contributed by atoms with Gasteiger partial charge in [-0.05, 0) is 61.1 Å². The predicted octanol–water partition coefficient (Wildman–Crippen LogP) is 3.39. The van der Waals surface area contributed by atoms with E-state index < -0.39 is 15.9 Å². The van der Waals surface area contributed by atoms with E-state index in [-0.39, 0.29) is 10.0 Å². The van der Waals surface area contributed by atoms with Gasteiger partial charge in [-0.2, -0.15) is 4.31 Å². The number of nitrogens with zero attached hydrogens (tertiary/aromatic N) is 1. The van der Waals surface area contributed by atoms with Crippen LogP contribution in [0, 0.1) is 0 Å². The van der Waals surface area contributed by atoms with Gasteiger partial charge in [0.25, 0.3) is 5.91 Å². The Labute approximate surface area is 201 Å². The molecule has 172 valence electrons. The maximum atomic E-state index is 12.7. The van der Waals surface area contributed by atoms with E-state index in [2.05, 4.69) is 26.6 Å². The largest absolute Gasteiger partial charge is 0.493 e. The van der Waals surface area contributed by atoms with Crippen molar-refractivity contribution in [1.82, 2.24) is 9.62 Å². The molecule has 2 aromatic carbocycles. The van der Waals surface area contributed by atoms with Crippen LogP contribution < -0.4 is 15.4 Å². The van der Waals surface area contributed by atoms with Crippen LogP contribution in [-0.4, -0.2) is 56.7 Å². The second kappa shape index (κ2) is 11.2. The lowest BCUT2D eigenvalue weighted by Gasteiger charge is -2.26. The topological polar surface area (TPSA) is 97.0 Å². The van der Waals surface area contributed by atoms with Gasteiger partial charge < -0.3 is 14.8 Å². The fraction of sp³-hybridized carbons (Fsp3) is 0.333. The Bertz CT molecular complexity index is 1070. The van der Waals surface area contributed by atoms with Gasteiger partial charge in [-0.3, -0.25) is 10.1 Å². The Balaban J connectivity index is 1.64. The molecule has 0 aromatic heterocycles. The van der Waals surface area contributed by atoms with Gasteiger partial charge in [-0.15, -0.1) is 0 Å². The minimum atomic E-state index is -3.57. The molecule has 0 radical (unpaired) electrons. The first kappa shape index (κ1) is 24.6. The van der Waals surface area contributed by atoms with Crippen LogP contribution in [0.25, 0.3) is 0 Å². The highest BCUT2D eigenvalue weighted by Gasteiger charge is 2.26. The Morgan fingerprint density at radius 2 is 1.88 bits per heavy atom. The Morgan fingerprint density at radius 1 is 1.19 bits per heavy atom. The van der Waals surface area contributed by atoms with E-state index >= 15 is 0 Å². The molecule has 0 saturated carbocycles. The van der Waals surface area contributed by atoms with Gasteiger partial charge in [0.2, 0.25) is 10.0 Å². The number of carbonyl (C=O) groups is 1. The van der Waals surface area contributed by atoms with Crippen LogP contribution in [-0.2, 0) is 14.8 Å². The molecule has 8 nitrogen and oxygen atoms in total. The zero-order valence-electron chi connectivity index (χ0n) is 17.5. The summed E-state index contributed by atoms with van der Waals surface area (Å²) in [6, 6.07) is 11.4. The first-order chi connectivity index (χ1) is 15.3. The number of anilines is 1. The van der Waals surface area contributed by atoms with Crippen molar-refractivity contribution < 1.29 is 22.7 Å². The molecule has 11 heteroatoms. The summed E-state index contributed by atoms with van der Waals surface area (Å²) < 4.78 is 38.4. The van der Waals surface area contributed by atoms with Crippen LogP contribution >= 0.6 is 28.1 Å². The summed E-state index contributed by atoms with van der Waals surface area (Å²) >= 11 is 8.61. The summed E-state index contributed by atoms with van der Waals surface area (Å²) in [5.41, 5.74) is 0.900. The number of hydrogen-bond acceptors (Lipinski definition) is 6. The Kier molecular flexibility index (Phi) is 8.60. The van der Waals surface area contributed by atoms with Crippen molar-refractivity contribution >= 4 is 54.9 Å². The van der Waals surface area contributed by atoms with Crippen molar-refractivity contribution in [2.24, 2.45) is 0 Å². The van der Waals surface area contributed by atoms with Gasteiger partial charge in [-0.25, -0.2) is 8.42 Å². The number of halogens is 1. The van der Waals surface area contributed by atoms with E-state index in [1.807, 2.05) is 6.92 Å². The number of thiocarbonyl (C=S) groups is 1. The monoisotopic (exact) mass is 541 g/mol. The van der Waals surface area contributed by atoms with E-state index in [9.17, 15) is 13.2 Å². The highest BCUT2D eigenvalue weighted by molar-refractivity contribution is 9.10. The summed E-state index contributed by atoms with van der Waals surface area (Å²) in [5, 5.41) is 5.61. The van der Waals surface area contributed by atoms with Crippen molar-refractivity contribution in [3.63, 3.8) is 0 Å². The molecule has 3 rings (SSSR count). The third-order valence-electron chi connectivity index (χ3n) is 4.60. The quantitative estimate of drug-likeness (QED) is 0.518. The van der Waals surface area contributed by atoms with E-state index in [0.717, 1.165) is 10.9 Å². The van der Waals surface area contributed by atoms with Crippen LogP contribution in [0.4, 0.5) is 5.69 Å². The van der Waals surface area contributed by atoms with Crippen molar-refractivity contribution in [1.29, 1.82) is 0 Å². The molecule has 32 heavy (non-hydrogen) atoms. The normalized spacial score (nSPS) is 14.6. The number of sulfonamides is 1. The second-order valence-corrected chi connectivity index (χ2v) is 10.2. The number of nitrogens with one attached hydrogen (secondary N) is 2. The maximum Gasteiger partial charge on any atom is 0.261 e. The maximum absolute atomic E-state index is 12.7. The van der Waals surface area contributed by atoms with E-state index in [0.29, 0.717) is 49.9 Å². The third kappa shape index (κ3) is 6.26. The van der Waals surface area contributed by atoms with Crippen LogP contribution in [0.5, 0.6) is 5.75 Å². The number of rotatable bonds is 7. The molecule has 0 spiro atoms. The van der Waals surface area contributed by atoms with E-state index in [1.54, 1.807) is 30.3 Å². The van der Waals surface area contributed by atoms with Crippen molar-refractivity contribution in [3.05, 3.63) is 52.5 Å². The van der Waals surface area contributed by atoms with E-state index in [1.165, 1.54) is 16.4 Å². The van der Waals surface area contributed by atoms with Gasteiger partial charge in [0.15, 0.2) is 5.11 Å². The third-order valence-corrected chi connectivity index (χ3v) is 7.21. The smallest absolute Gasteiger partial charge is 0.261 e. The predicted molar refractivity (Wildman–Crippen MR) is 130 cm³/mol. The average Bonchev–Trinajstić information content (AvgIpc) is 2.79. The highest BCUT2D eigenvalue weighted by atomic mass is 79.9. The molecule has 1 heterocycles. The lowest BCUT2D eigenvalue weighted by molar-refractivity contribution is 0.0730. The molecule has 1 amide bonds. The number of ether oxygens (including phenoxy) is 2. The minimum Gasteiger partial charge on any atom is -0.493 e. The average molecular weight is 542 g/mol. The number of amides is 1. The summed E-state index contributed by atoms with van der Waals surface area (Å²) in [6.45, 7) is 3.90. The van der Waals surface area contributed by atoms with Gasteiger partial charge >= 0.3 is 0 Å². The molecule has 0 atom stereocenters. The van der Waals surface area contributed by atoms with Crippen LogP contribution in [0.3, 0.4) is 0 Å². The molecule has 1 fully saturated rings. The van der Waals surface area contributed by atoms with Crippen molar-refractivity contribution in [2.75, 3.05) is 38.2 Å². The molecule has 1 aliphatic heterocycles. The molecule has 1 aliphatic rings. The lowest BCUT2D eigenvalue weighted by atomic mass is 10.2. The fourth-order valence-electron chi connectivity index (χ4n) is 3.00. The van der Waals surface area contributed by atoms with Gasteiger partial charge in [0, 0.05) is 23.2 Å². The fourth-order valence-corrected chi connectivity index (χ4v) is 4.98. The molecular weight excluding hydrogens is 518 g/mol. The number of benzene rings is 2. The van der Waals surface area contributed by atoms with Crippen LogP contribution in [0.15, 0.2) is 51.8 Å². The first-order valence-corrected chi connectivity index (χ1v) is 12.7. The lowest BCUT2D eigenvalue weighted by Crippen LogP contribution is -2.40. The summed E-state index contributed by atoms with van der Waals surface area (Å²) in [5.74, 6) is 0.0504. The summed E-state index contributed by atoms with van der Waals surface area (Å²) in [6.07, 6.45) is 0.814. The van der Waals surface area contributed by atoms with Crippen molar-refractivity contribution in [2.45, 2.75) is 18.2 Å². The molecule has 1 saturated heterocycles. The zero-order valence-corrected chi connectivity index (χ0v) is 20.7. The molecule has 2 aromatic rings.